The predicted octanol–water partition coefficient (Wildman–Crippen LogP) is 3.20. The number of hydrogen-bond donors (Lipinski definition) is 1. The molecule has 0 spiro atoms. The van der Waals surface area contributed by atoms with Crippen LogP contribution in [-0.2, 0) is 0 Å². The Morgan fingerprint density at radius 2 is 2.00 bits per heavy atom. The van der Waals surface area contributed by atoms with Crippen molar-refractivity contribution in [1.29, 1.82) is 0 Å². The van der Waals surface area contributed by atoms with E-state index in [-0.39, 0.29) is 0 Å². The van der Waals surface area contributed by atoms with Crippen molar-refractivity contribution in [2.24, 2.45) is 0 Å². The van der Waals surface area contributed by atoms with Crippen LogP contribution in [-0.4, -0.2) is 23.1 Å². The molecule has 1 aromatic carbocycles. The van der Waals surface area contributed by atoms with Crippen LogP contribution in [0.15, 0.2) is 24.3 Å². The number of aryl methyl sites for hydroxylation is 1. The van der Waals surface area contributed by atoms with Crippen molar-refractivity contribution in [3.05, 3.63) is 47.4 Å². The number of benzene rings is 1. The summed E-state index contributed by atoms with van der Waals surface area (Å²) < 4.78 is 26.4. The summed E-state index contributed by atoms with van der Waals surface area (Å²) in [6.07, 6.45) is 2.20. The highest BCUT2D eigenvalue weighted by Crippen LogP contribution is 2.26. The van der Waals surface area contributed by atoms with Gasteiger partial charge in [-0.1, -0.05) is 0 Å². The molecule has 5 heteroatoms. The number of piperidine rings is 1. The van der Waals surface area contributed by atoms with E-state index in [4.69, 9.17) is 0 Å². The van der Waals surface area contributed by atoms with Crippen LogP contribution in [0.2, 0.25) is 0 Å². The molecule has 1 unspecified atom stereocenters. The Balaban J connectivity index is 1.98. The lowest BCUT2D eigenvalue weighted by Crippen LogP contribution is -2.29. The number of aromatic nitrogens is 2. The smallest absolute Gasteiger partial charge is 0.159 e. The second-order valence-corrected chi connectivity index (χ2v) is 5.40. The van der Waals surface area contributed by atoms with E-state index in [1.807, 2.05) is 13.0 Å². The van der Waals surface area contributed by atoms with Crippen molar-refractivity contribution in [3.8, 4) is 11.3 Å². The van der Waals surface area contributed by atoms with Gasteiger partial charge in [0.05, 0.1) is 5.69 Å². The van der Waals surface area contributed by atoms with E-state index in [0.29, 0.717) is 23.0 Å². The fraction of sp³-hybridized carbons (Fsp3) is 0.375. The third-order valence-corrected chi connectivity index (χ3v) is 3.79. The number of hydrogen-bond acceptors (Lipinski definition) is 3. The average Bonchev–Trinajstić information content (AvgIpc) is 2.50. The maximum Gasteiger partial charge on any atom is 0.159 e. The normalized spacial score (nSPS) is 18.7. The Morgan fingerprint density at radius 1 is 1.14 bits per heavy atom. The molecule has 0 aliphatic carbocycles. The van der Waals surface area contributed by atoms with Gasteiger partial charge in [0.25, 0.3) is 0 Å². The van der Waals surface area contributed by atoms with E-state index in [0.717, 1.165) is 37.7 Å². The Kier molecular flexibility index (Phi) is 3.92. The monoisotopic (exact) mass is 289 g/mol. The molecule has 3 rings (SSSR count). The van der Waals surface area contributed by atoms with Crippen molar-refractivity contribution in [1.82, 2.24) is 15.3 Å². The van der Waals surface area contributed by atoms with Gasteiger partial charge in [-0.15, -0.1) is 0 Å². The van der Waals surface area contributed by atoms with Crippen LogP contribution >= 0.6 is 0 Å². The van der Waals surface area contributed by atoms with Gasteiger partial charge in [-0.05, 0) is 50.6 Å². The van der Waals surface area contributed by atoms with E-state index >= 15 is 0 Å². The van der Waals surface area contributed by atoms with Gasteiger partial charge in [0.1, 0.15) is 5.82 Å². The van der Waals surface area contributed by atoms with Gasteiger partial charge in [-0.3, -0.25) is 0 Å². The van der Waals surface area contributed by atoms with Crippen molar-refractivity contribution in [3.63, 3.8) is 0 Å². The van der Waals surface area contributed by atoms with Crippen LogP contribution in [0.4, 0.5) is 8.78 Å². The fourth-order valence-electron chi connectivity index (χ4n) is 2.71. The molecule has 0 saturated carbocycles. The van der Waals surface area contributed by atoms with Gasteiger partial charge in [0.15, 0.2) is 11.6 Å². The molecule has 21 heavy (non-hydrogen) atoms. The lowest BCUT2D eigenvalue weighted by molar-refractivity contribution is 0.453. The van der Waals surface area contributed by atoms with E-state index in [1.165, 1.54) is 6.07 Å². The number of nitrogens with zero attached hydrogens (tertiary/aromatic N) is 2. The summed E-state index contributed by atoms with van der Waals surface area (Å²) in [7, 11) is 0. The second-order valence-electron chi connectivity index (χ2n) is 5.40. The first-order valence-corrected chi connectivity index (χ1v) is 7.15. The maximum absolute atomic E-state index is 13.4. The first-order chi connectivity index (χ1) is 10.1. The summed E-state index contributed by atoms with van der Waals surface area (Å²) in [5.74, 6) is -0.701. The SMILES string of the molecule is Cc1nc(-c2ccc(F)c(F)c2)cc(C2CCCNC2)n1. The third kappa shape index (κ3) is 3.08. The highest BCUT2D eigenvalue weighted by atomic mass is 19.2. The first-order valence-electron chi connectivity index (χ1n) is 7.15. The molecule has 2 heterocycles. The maximum atomic E-state index is 13.4. The number of nitrogens with one attached hydrogen (secondary N) is 1. The molecule has 3 nitrogen and oxygen atoms in total. The largest absolute Gasteiger partial charge is 0.316 e. The van der Waals surface area contributed by atoms with Crippen LogP contribution < -0.4 is 5.32 Å². The Labute approximate surface area is 122 Å². The zero-order valence-corrected chi connectivity index (χ0v) is 11.9. The second kappa shape index (κ2) is 5.85. The molecular formula is C16H17F2N3. The lowest BCUT2D eigenvalue weighted by atomic mass is 9.95. The van der Waals surface area contributed by atoms with Crippen LogP contribution in [0.25, 0.3) is 11.3 Å². The highest BCUT2D eigenvalue weighted by molar-refractivity contribution is 5.59. The third-order valence-electron chi connectivity index (χ3n) is 3.79. The quantitative estimate of drug-likeness (QED) is 0.922. The molecular weight excluding hydrogens is 272 g/mol. The summed E-state index contributed by atoms with van der Waals surface area (Å²) in [6, 6.07) is 5.74. The molecule has 1 atom stereocenters. The molecule has 2 aromatic rings. The van der Waals surface area contributed by atoms with Crippen LogP contribution in [0.3, 0.4) is 0 Å². The van der Waals surface area contributed by atoms with Gasteiger partial charge in [0, 0.05) is 23.7 Å². The van der Waals surface area contributed by atoms with Gasteiger partial charge < -0.3 is 5.32 Å². The van der Waals surface area contributed by atoms with Gasteiger partial charge in [-0.2, -0.15) is 0 Å². The molecule has 0 amide bonds. The molecule has 110 valence electrons. The molecule has 1 saturated heterocycles. The van der Waals surface area contributed by atoms with Crippen LogP contribution in [0.5, 0.6) is 0 Å². The number of rotatable bonds is 2. The number of halogens is 2. The van der Waals surface area contributed by atoms with E-state index in [2.05, 4.69) is 15.3 Å². The lowest BCUT2D eigenvalue weighted by Gasteiger charge is -2.22. The summed E-state index contributed by atoms with van der Waals surface area (Å²) in [6.45, 7) is 3.76. The average molecular weight is 289 g/mol. The van der Waals surface area contributed by atoms with E-state index in [9.17, 15) is 8.78 Å². The van der Waals surface area contributed by atoms with Gasteiger partial charge in [0.2, 0.25) is 0 Å². The van der Waals surface area contributed by atoms with E-state index < -0.39 is 11.6 Å². The molecule has 0 radical (unpaired) electrons. The summed E-state index contributed by atoms with van der Waals surface area (Å²) in [5.41, 5.74) is 2.18. The standard InChI is InChI=1S/C16H17F2N3/c1-10-20-15(11-4-5-13(17)14(18)7-11)8-16(21-10)12-3-2-6-19-9-12/h4-5,7-8,12,19H,2-3,6,9H2,1H3. The summed E-state index contributed by atoms with van der Waals surface area (Å²) >= 11 is 0. The Bertz CT molecular complexity index is 652. The molecule has 1 aliphatic heterocycles. The molecule has 0 bridgehead atoms. The highest BCUT2D eigenvalue weighted by Gasteiger charge is 2.18. The molecule has 1 fully saturated rings. The van der Waals surface area contributed by atoms with Crippen molar-refractivity contribution in [2.45, 2.75) is 25.7 Å². The van der Waals surface area contributed by atoms with Crippen molar-refractivity contribution < 1.29 is 8.78 Å². The fourth-order valence-corrected chi connectivity index (χ4v) is 2.71. The minimum atomic E-state index is -0.857. The molecule has 1 aliphatic rings. The zero-order valence-electron chi connectivity index (χ0n) is 11.9. The molecule has 1 N–H and O–H groups in total. The Hall–Kier alpha value is -1.88. The topological polar surface area (TPSA) is 37.8 Å². The van der Waals surface area contributed by atoms with Gasteiger partial charge in [-0.25, -0.2) is 18.7 Å². The van der Waals surface area contributed by atoms with Crippen LogP contribution in [0, 0.1) is 18.6 Å². The minimum absolute atomic E-state index is 0.351. The summed E-state index contributed by atoms with van der Waals surface area (Å²) in [4.78, 5) is 8.85. The van der Waals surface area contributed by atoms with E-state index in [1.54, 1.807) is 6.07 Å². The zero-order chi connectivity index (χ0) is 14.8. The van der Waals surface area contributed by atoms with Crippen molar-refractivity contribution >= 4 is 0 Å². The van der Waals surface area contributed by atoms with Crippen LogP contribution in [0.1, 0.15) is 30.3 Å². The minimum Gasteiger partial charge on any atom is -0.316 e. The predicted molar refractivity (Wildman–Crippen MR) is 77.0 cm³/mol. The first kappa shape index (κ1) is 14.1. The Morgan fingerprint density at radius 3 is 2.71 bits per heavy atom. The van der Waals surface area contributed by atoms with Gasteiger partial charge >= 0.3 is 0 Å². The summed E-state index contributed by atoms with van der Waals surface area (Å²) in [5, 5.41) is 3.36. The van der Waals surface area contributed by atoms with Crippen molar-refractivity contribution in [2.75, 3.05) is 13.1 Å². The molecule has 1 aromatic heterocycles.